The third-order valence-corrected chi connectivity index (χ3v) is 5.43. The molecular formula is C20H15N3O4S. The van der Waals surface area contributed by atoms with E-state index in [0.717, 1.165) is 11.1 Å². The monoisotopic (exact) mass is 393 g/mol. The van der Waals surface area contributed by atoms with Crippen LogP contribution in [0.15, 0.2) is 69.6 Å². The SMILES string of the molecule is Cc1ccc(-n2c(=O)c3sccc3n(Cc3ccc([N+](=O)[O-])cc3)c2=O)cc1. The number of aryl methyl sites for hydroxylation is 1. The third kappa shape index (κ3) is 3.03. The molecule has 2 heterocycles. The summed E-state index contributed by atoms with van der Waals surface area (Å²) in [6.07, 6.45) is 0. The first-order valence-electron chi connectivity index (χ1n) is 8.49. The Labute approximate surface area is 162 Å². The number of hydrogen-bond donors (Lipinski definition) is 0. The first kappa shape index (κ1) is 17.9. The third-order valence-electron chi connectivity index (χ3n) is 4.53. The highest BCUT2D eigenvalue weighted by Gasteiger charge is 2.16. The summed E-state index contributed by atoms with van der Waals surface area (Å²) in [5.74, 6) is 0. The van der Waals surface area contributed by atoms with E-state index in [9.17, 15) is 19.7 Å². The van der Waals surface area contributed by atoms with Crippen LogP contribution >= 0.6 is 11.3 Å². The summed E-state index contributed by atoms with van der Waals surface area (Å²) in [7, 11) is 0. The molecule has 2 aromatic heterocycles. The van der Waals surface area contributed by atoms with Crippen molar-refractivity contribution in [1.29, 1.82) is 0 Å². The molecule has 0 aliphatic carbocycles. The van der Waals surface area contributed by atoms with Gasteiger partial charge in [0.2, 0.25) is 0 Å². The van der Waals surface area contributed by atoms with Gasteiger partial charge in [-0.25, -0.2) is 9.36 Å². The highest BCUT2D eigenvalue weighted by Crippen LogP contribution is 2.19. The molecule has 0 N–H and O–H groups in total. The van der Waals surface area contributed by atoms with Crippen LogP contribution in [-0.4, -0.2) is 14.1 Å². The molecule has 0 unspecified atom stereocenters. The van der Waals surface area contributed by atoms with Gasteiger partial charge in [-0.3, -0.25) is 19.5 Å². The van der Waals surface area contributed by atoms with Crippen LogP contribution in [0.4, 0.5) is 5.69 Å². The molecule has 0 fully saturated rings. The van der Waals surface area contributed by atoms with E-state index >= 15 is 0 Å². The van der Waals surface area contributed by atoms with E-state index in [-0.39, 0.29) is 17.8 Å². The van der Waals surface area contributed by atoms with Gasteiger partial charge >= 0.3 is 5.69 Å². The van der Waals surface area contributed by atoms with Crippen LogP contribution in [0, 0.1) is 17.0 Å². The van der Waals surface area contributed by atoms with Gasteiger partial charge in [0.1, 0.15) is 4.70 Å². The summed E-state index contributed by atoms with van der Waals surface area (Å²) in [5.41, 5.74) is 2.02. The number of nitro groups is 1. The molecule has 0 bridgehead atoms. The molecule has 8 heteroatoms. The van der Waals surface area contributed by atoms with Crippen molar-refractivity contribution in [1.82, 2.24) is 9.13 Å². The first-order valence-corrected chi connectivity index (χ1v) is 9.37. The van der Waals surface area contributed by atoms with Gasteiger partial charge < -0.3 is 0 Å². The van der Waals surface area contributed by atoms with Crippen LogP contribution in [0.1, 0.15) is 11.1 Å². The number of aromatic nitrogens is 2. The molecule has 0 saturated heterocycles. The van der Waals surface area contributed by atoms with Crippen molar-refractivity contribution >= 4 is 27.2 Å². The highest BCUT2D eigenvalue weighted by atomic mass is 32.1. The van der Waals surface area contributed by atoms with Gasteiger partial charge in [-0.05, 0) is 36.1 Å². The molecular weight excluding hydrogens is 378 g/mol. The second-order valence-electron chi connectivity index (χ2n) is 6.40. The van der Waals surface area contributed by atoms with Gasteiger partial charge in [-0.1, -0.05) is 29.8 Å². The van der Waals surface area contributed by atoms with Crippen LogP contribution in [0.2, 0.25) is 0 Å². The Kier molecular flexibility index (Phi) is 4.40. The lowest BCUT2D eigenvalue weighted by Crippen LogP contribution is -2.38. The smallest absolute Gasteiger partial charge is 0.288 e. The first-order chi connectivity index (χ1) is 13.5. The zero-order valence-corrected chi connectivity index (χ0v) is 15.7. The van der Waals surface area contributed by atoms with Crippen molar-refractivity contribution in [3.8, 4) is 5.69 Å². The fraction of sp³-hybridized carbons (Fsp3) is 0.100. The summed E-state index contributed by atoms with van der Waals surface area (Å²) in [5, 5.41) is 12.6. The molecule has 0 aliphatic rings. The summed E-state index contributed by atoms with van der Waals surface area (Å²) in [4.78, 5) is 36.5. The van der Waals surface area contributed by atoms with E-state index in [4.69, 9.17) is 0 Å². The minimum Gasteiger partial charge on any atom is -0.288 e. The lowest BCUT2D eigenvalue weighted by atomic mass is 10.2. The molecule has 28 heavy (non-hydrogen) atoms. The molecule has 0 saturated carbocycles. The summed E-state index contributed by atoms with van der Waals surface area (Å²) < 4.78 is 3.18. The zero-order chi connectivity index (χ0) is 19.8. The summed E-state index contributed by atoms with van der Waals surface area (Å²) in [6.45, 7) is 2.14. The second-order valence-corrected chi connectivity index (χ2v) is 7.32. The lowest BCUT2D eigenvalue weighted by Gasteiger charge is -2.12. The van der Waals surface area contributed by atoms with Crippen LogP contribution in [-0.2, 0) is 6.54 Å². The maximum atomic E-state index is 13.2. The average molecular weight is 393 g/mol. The minimum absolute atomic E-state index is 0.0126. The number of thiophene rings is 1. The Bertz CT molecular complexity index is 1300. The van der Waals surface area contributed by atoms with Crippen LogP contribution < -0.4 is 11.2 Å². The highest BCUT2D eigenvalue weighted by molar-refractivity contribution is 7.17. The van der Waals surface area contributed by atoms with Crippen molar-refractivity contribution in [2.24, 2.45) is 0 Å². The van der Waals surface area contributed by atoms with Crippen molar-refractivity contribution in [3.63, 3.8) is 0 Å². The molecule has 4 rings (SSSR count). The topological polar surface area (TPSA) is 87.1 Å². The van der Waals surface area contributed by atoms with E-state index in [1.165, 1.54) is 32.6 Å². The Morgan fingerprint density at radius 3 is 2.32 bits per heavy atom. The second kappa shape index (κ2) is 6.90. The van der Waals surface area contributed by atoms with Crippen LogP contribution in [0.5, 0.6) is 0 Å². The molecule has 0 amide bonds. The normalized spacial score (nSPS) is 11.0. The van der Waals surface area contributed by atoms with E-state index < -0.39 is 10.6 Å². The van der Waals surface area contributed by atoms with Crippen molar-refractivity contribution in [2.45, 2.75) is 13.5 Å². The van der Waals surface area contributed by atoms with Gasteiger partial charge in [0.05, 0.1) is 22.7 Å². The molecule has 140 valence electrons. The van der Waals surface area contributed by atoms with Crippen molar-refractivity contribution in [2.75, 3.05) is 0 Å². The van der Waals surface area contributed by atoms with Crippen LogP contribution in [0.3, 0.4) is 0 Å². The standard InChI is InChI=1S/C20H15N3O4S/c1-13-2-6-15(7-3-13)22-19(24)18-17(10-11-28-18)21(20(22)25)12-14-4-8-16(9-5-14)23(26)27/h2-11H,12H2,1H3. The molecule has 7 nitrogen and oxygen atoms in total. The maximum Gasteiger partial charge on any atom is 0.336 e. The van der Waals surface area contributed by atoms with Crippen molar-refractivity contribution in [3.05, 3.63) is 102 Å². The number of rotatable bonds is 4. The number of benzene rings is 2. The fourth-order valence-corrected chi connectivity index (χ4v) is 3.89. The van der Waals surface area contributed by atoms with Gasteiger partial charge in [0.25, 0.3) is 11.2 Å². The summed E-state index contributed by atoms with van der Waals surface area (Å²) >= 11 is 1.28. The number of nitro benzene ring substituents is 1. The summed E-state index contributed by atoms with van der Waals surface area (Å²) in [6, 6.07) is 15.0. The molecule has 0 atom stereocenters. The van der Waals surface area contributed by atoms with Gasteiger partial charge in [0.15, 0.2) is 0 Å². The Hall–Kier alpha value is -3.52. The van der Waals surface area contributed by atoms with Crippen molar-refractivity contribution < 1.29 is 4.92 Å². The quantitative estimate of drug-likeness (QED) is 0.392. The Morgan fingerprint density at radius 1 is 1.00 bits per heavy atom. The van der Waals surface area contributed by atoms with E-state index in [0.29, 0.717) is 15.9 Å². The number of hydrogen-bond acceptors (Lipinski definition) is 5. The molecule has 0 aliphatic heterocycles. The molecule has 0 radical (unpaired) electrons. The predicted molar refractivity (Wildman–Crippen MR) is 109 cm³/mol. The zero-order valence-electron chi connectivity index (χ0n) is 14.9. The van der Waals surface area contributed by atoms with E-state index in [1.54, 1.807) is 35.7 Å². The fourth-order valence-electron chi connectivity index (χ4n) is 3.07. The van der Waals surface area contributed by atoms with Crippen LogP contribution in [0.25, 0.3) is 15.9 Å². The largest absolute Gasteiger partial charge is 0.336 e. The predicted octanol–water partition coefficient (Wildman–Crippen LogP) is 3.48. The molecule has 4 aromatic rings. The molecule has 2 aromatic carbocycles. The van der Waals surface area contributed by atoms with E-state index in [1.807, 2.05) is 19.1 Å². The van der Waals surface area contributed by atoms with Gasteiger partial charge in [-0.2, -0.15) is 0 Å². The number of nitrogens with zero attached hydrogens (tertiary/aromatic N) is 3. The Morgan fingerprint density at radius 2 is 1.68 bits per heavy atom. The average Bonchev–Trinajstić information content (AvgIpc) is 3.17. The maximum absolute atomic E-state index is 13.2. The number of non-ortho nitro benzene ring substituents is 1. The van der Waals surface area contributed by atoms with Gasteiger partial charge in [-0.15, -0.1) is 11.3 Å². The lowest BCUT2D eigenvalue weighted by molar-refractivity contribution is -0.384. The van der Waals surface area contributed by atoms with Gasteiger partial charge in [0, 0.05) is 12.1 Å². The van der Waals surface area contributed by atoms with E-state index in [2.05, 4.69) is 0 Å². The Balaban J connectivity index is 1.89. The number of fused-ring (bicyclic) bond motifs is 1. The minimum atomic E-state index is -0.468. The molecule has 0 spiro atoms.